The lowest BCUT2D eigenvalue weighted by atomic mass is 9.81. The number of hydrogen-bond donors (Lipinski definition) is 0. The van der Waals surface area contributed by atoms with Crippen molar-refractivity contribution in [3.05, 3.63) is 23.3 Å². The van der Waals surface area contributed by atoms with E-state index in [2.05, 4.69) is 4.90 Å². The highest BCUT2D eigenvalue weighted by Gasteiger charge is 2.27. The van der Waals surface area contributed by atoms with Crippen molar-refractivity contribution >= 4 is 15.9 Å². The quantitative estimate of drug-likeness (QED) is 0.403. The molecule has 0 radical (unpaired) electrons. The van der Waals surface area contributed by atoms with Gasteiger partial charge in [-0.1, -0.05) is 0 Å². The molecule has 0 spiro atoms. The topological polar surface area (TPSA) is 79.4 Å². The van der Waals surface area contributed by atoms with Gasteiger partial charge in [0.05, 0.1) is 18.6 Å². The van der Waals surface area contributed by atoms with Gasteiger partial charge in [0.15, 0.2) is 0 Å². The number of carbonyl (C=O) groups excluding carboxylic acids is 1. The van der Waals surface area contributed by atoms with E-state index in [0.29, 0.717) is 22.8 Å². The third-order valence-corrected chi connectivity index (χ3v) is 9.67. The number of carbonyl (C=O) groups is 1. The third kappa shape index (κ3) is 7.41. The minimum Gasteiger partial charge on any atom is -0.497 e. The number of amides is 1. The summed E-state index contributed by atoms with van der Waals surface area (Å²) in [7, 11) is 1.26. The molecule has 1 aliphatic heterocycles. The molecule has 198 valence electrons. The average molecular weight is 510 g/mol. The molecular weight excluding hydrogens is 466 g/mol. The lowest BCUT2D eigenvalue weighted by Gasteiger charge is -2.37. The van der Waals surface area contributed by atoms with Gasteiger partial charge < -0.3 is 19.3 Å². The molecule has 9 heteroatoms. The number of ether oxygens (including phenoxy) is 2. The Labute approximate surface area is 211 Å². The molecule has 1 aromatic carbocycles. The molecule has 2 fully saturated rings. The SMILES string of the molecule is COc1cc(C)c(S(=O)(=O)N(C)CCOCC(=O)N(C)CC2CCC(CN3CCC3)CC2)c(C)c1. The fourth-order valence-electron chi connectivity index (χ4n) is 5.19. The monoisotopic (exact) mass is 509 g/mol. The van der Waals surface area contributed by atoms with Crippen molar-refractivity contribution in [2.45, 2.75) is 50.8 Å². The minimum atomic E-state index is -3.67. The second-order valence-corrected chi connectivity index (χ2v) is 12.3. The Morgan fingerprint density at radius 2 is 1.66 bits per heavy atom. The number of rotatable bonds is 12. The zero-order valence-corrected chi connectivity index (χ0v) is 22.9. The Bertz CT molecular complexity index is 933. The molecule has 1 saturated carbocycles. The molecule has 1 amide bonds. The molecule has 0 unspecified atom stereocenters. The Kier molecular flexibility index (Phi) is 9.98. The fourth-order valence-corrected chi connectivity index (χ4v) is 6.75. The summed E-state index contributed by atoms with van der Waals surface area (Å²) >= 11 is 0. The number of likely N-dealkylation sites (tertiary alicyclic amines) is 1. The lowest BCUT2D eigenvalue weighted by Crippen LogP contribution is -2.42. The van der Waals surface area contributed by atoms with Crippen LogP contribution in [0.3, 0.4) is 0 Å². The van der Waals surface area contributed by atoms with Crippen LogP contribution in [0.4, 0.5) is 0 Å². The van der Waals surface area contributed by atoms with Crippen LogP contribution < -0.4 is 4.74 Å². The number of likely N-dealkylation sites (N-methyl/N-ethyl adjacent to an activating group) is 2. The van der Waals surface area contributed by atoms with E-state index < -0.39 is 10.0 Å². The number of methoxy groups -OCH3 is 1. The summed E-state index contributed by atoms with van der Waals surface area (Å²) < 4.78 is 38.2. The Hall–Kier alpha value is -1.68. The molecule has 35 heavy (non-hydrogen) atoms. The van der Waals surface area contributed by atoms with E-state index >= 15 is 0 Å². The molecule has 2 aliphatic rings. The molecule has 0 N–H and O–H groups in total. The van der Waals surface area contributed by atoms with Crippen LogP contribution in [0, 0.1) is 25.7 Å². The molecular formula is C26H43N3O5S. The number of hydrogen-bond acceptors (Lipinski definition) is 6. The van der Waals surface area contributed by atoms with Gasteiger partial charge in [0.25, 0.3) is 0 Å². The summed E-state index contributed by atoms with van der Waals surface area (Å²) in [6.07, 6.45) is 6.23. The van der Waals surface area contributed by atoms with Crippen molar-refractivity contribution < 1.29 is 22.7 Å². The number of sulfonamides is 1. The van der Waals surface area contributed by atoms with Crippen molar-refractivity contribution in [2.24, 2.45) is 11.8 Å². The first-order chi connectivity index (χ1) is 16.6. The van der Waals surface area contributed by atoms with Crippen LogP contribution in [0.2, 0.25) is 0 Å². The van der Waals surface area contributed by atoms with Crippen LogP contribution >= 0.6 is 0 Å². The molecule has 3 rings (SSSR count). The van der Waals surface area contributed by atoms with Crippen LogP contribution in [0.25, 0.3) is 0 Å². The van der Waals surface area contributed by atoms with Gasteiger partial charge in [0.2, 0.25) is 15.9 Å². The van der Waals surface area contributed by atoms with Crippen LogP contribution in [-0.4, -0.2) is 95.6 Å². The predicted molar refractivity (Wildman–Crippen MR) is 137 cm³/mol. The molecule has 1 heterocycles. The number of benzene rings is 1. The largest absolute Gasteiger partial charge is 0.497 e. The van der Waals surface area contributed by atoms with Gasteiger partial charge in [0.1, 0.15) is 12.4 Å². The van der Waals surface area contributed by atoms with E-state index in [1.807, 2.05) is 7.05 Å². The van der Waals surface area contributed by atoms with Crippen LogP contribution in [0.1, 0.15) is 43.2 Å². The van der Waals surface area contributed by atoms with Gasteiger partial charge in [-0.25, -0.2) is 8.42 Å². The summed E-state index contributed by atoms with van der Waals surface area (Å²) in [5.74, 6) is 1.95. The average Bonchev–Trinajstić information content (AvgIpc) is 2.79. The van der Waals surface area contributed by atoms with E-state index in [0.717, 1.165) is 12.5 Å². The molecule has 1 aromatic rings. The summed E-state index contributed by atoms with van der Waals surface area (Å²) in [5, 5.41) is 0. The maximum absolute atomic E-state index is 13.1. The zero-order valence-electron chi connectivity index (χ0n) is 22.1. The summed E-state index contributed by atoms with van der Waals surface area (Å²) in [5.41, 5.74) is 1.28. The maximum Gasteiger partial charge on any atom is 0.248 e. The van der Waals surface area contributed by atoms with E-state index in [4.69, 9.17) is 9.47 Å². The van der Waals surface area contributed by atoms with E-state index in [9.17, 15) is 13.2 Å². The van der Waals surface area contributed by atoms with Crippen molar-refractivity contribution in [1.29, 1.82) is 0 Å². The van der Waals surface area contributed by atoms with Crippen molar-refractivity contribution in [3.63, 3.8) is 0 Å². The highest BCUT2D eigenvalue weighted by atomic mass is 32.2. The Morgan fingerprint density at radius 1 is 1.06 bits per heavy atom. The first-order valence-corrected chi connectivity index (χ1v) is 14.2. The Morgan fingerprint density at radius 3 is 2.20 bits per heavy atom. The van der Waals surface area contributed by atoms with Gasteiger partial charge in [-0.15, -0.1) is 0 Å². The third-order valence-electron chi connectivity index (χ3n) is 7.50. The highest BCUT2D eigenvalue weighted by molar-refractivity contribution is 7.89. The van der Waals surface area contributed by atoms with Gasteiger partial charge in [-0.2, -0.15) is 4.31 Å². The Balaban J connectivity index is 1.38. The zero-order chi connectivity index (χ0) is 25.6. The lowest BCUT2D eigenvalue weighted by molar-refractivity contribution is -0.135. The standard InChI is InChI=1S/C26H43N3O5S/c1-20-15-24(33-5)16-21(2)26(20)35(31,32)28(4)13-14-34-19-25(30)27(3)17-22-7-9-23(10-8-22)18-29-11-6-12-29/h15-16,22-23H,6-14,17-19H2,1-5H3. The molecule has 1 aliphatic carbocycles. The molecule has 0 bridgehead atoms. The second-order valence-electron chi connectivity index (χ2n) is 10.3. The van der Waals surface area contributed by atoms with Crippen LogP contribution in [0.15, 0.2) is 17.0 Å². The smallest absolute Gasteiger partial charge is 0.248 e. The number of aryl methyl sites for hydroxylation is 2. The summed E-state index contributed by atoms with van der Waals surface area (Å²) in [4.78, 5) is 17.1. The van der Waals surface area contributed by atoms with Gasteiger partial charge in [-0.05, 0) is 94.1 Å². The van der Waals surface area contributed by atoms with Crippen LogP contribution in [-0.2, 0) is 19.6 Å². The van der Waals surface area contributed by atoms with Crippen molar-refractivity contribution in [3.8, 4) is 5.75 Å². The van der Waals surface area contributed by atoms with Gasteiger partial charge in [0, 0.05) is 33.7 Å². The van der Waals surface area contributed by atoms with E-state index in [1.54, 1.807) is 38.0 Å². The highest BCUT2D eigenvalue weighted by Crippen LogP contribution is 2.31. The van der Waals surface area contributed by atoms with Gasteiger partial charge >= 0.3 is 0 Å². The molecule has 0 aromatic heterocycles. The van der Waals surface area contributed by atoms with E-state index in [-0.39, 0.29) is 30.6 Å². The molecule has 0 atom stereocenters. The minimum absolute atomic E-state index is 0.0325. The fraction of sp³-hybridized carbons (Fsp3) is 0.731. The summed E-state index contributed by atoms with van der Waals surface area (Å²) in [6, 6.07) is 3.44. The van der Waals surface area contributed by atoms with Crippen molar-refractivity contribution in [2.75, 3.05) is 67.1 Å². The molecule has 1 saturated heterocycles. The summed E-state index contributed by atoms with van der Waals surface area (Å²) in [6.45, 7) is 8.37. The first-order valence-electron chi connectivity index (χ1n) is 12.8. The number of nitrogens with zero attached hydrogens (tertiary/aromatic N) is 3. The molecule has 8 nitrogen and oxygen atoms in total. The normalized spacial score (nSPS) is 21.1. The maximum atomic E-state index is 13.1. The second kappa shape index (κ2) is 12.5. The van der Waals surface area contributed by atoms with Gasteiger partial charge in [-0.3, -0.25) is 4.79 Å². The predicted octanol–water partition coefficient (Wildman–Crippen LogP) is 2.92. The van der Waals surface area contributed by atoms with E-state index in [1.165, 1.54) is 63.1 Å². The first kappa shape index (κ1) is 27.9. The van der Waals surface area contributed by atoms with Crippen molar-refractivity contribution in [1.82, 2.24) is 14.1 Å². The van der Waals surface area contributed by atoms with Crippen LogP contribution in [0.5, 0.6) is 5.75 Å².